The number of rotatable bonds is 9. The highest BCUT2D eigenvalue weighted by atomic mass is 15.1. The molecule has 12 aromatic rings. The van der Waals surface area contributed by atoms with Crippen molar-refractivity contribution in [1.82, 2.24) is 0 Å². The van der Waals surface area contributed by atoms with Gasteiger partial charge in [-0.1, -0.05) is 261 Å². The molecule has 70 heavy (non-hydrogen) atoms. The van der Waals surface area contributed by atoms with Gasteiger partial charge in [0, 0.05) is 22.5 Å². The molecular weight excluding hydrogens is 843 g/mol. The van der Waals surface area contributed by atoms with E-state index < -0.39 is 5.41 Å². The van der Waals surface area contributed by atoms with Gasteiger partial charge in [0.2, 0.25) is 0 Å². The summed E-state index contributed by atoms with van der Waals surface area (Å²) >= 11 is 0. The molecule has 0 radical (unpaired) electrons. The molecule has 0 aliphatic heterocycles. The standard InChI is InChI=1S/C69H47N/c1-7-24-48(25-8-1)56-39-23-40-57(49-26-9-2-10-27-49)68(56)70(55-43-45-65-62(46-55)60-37-21-22-41-64(60)69(65,52-32-15-5-16-33-52)53-34-17-6-18-35-53)54-42-44-59-58-36-19-20-38-61(58)66(50-28-11-3-12-29-50)67(63(59)47-54)51-30-13-4-14-31-51/h1-47H. The molecule has 0 unspecified atom stereocenters. The number of anilines is 3. The van der Waals surface area contributed by atoms with Crippen LogP contribution in [-0.2, 0) is 5.41 Å². The summed E-state index contributed by atoms with van der Waals surface area (Å²) in [5.74, 6) is 0. The quantitative estimate of drug-likeness (QED) is 0.131. The Morgan fingerprint density at radius 1 is 0.243 bits per heavy atom. The summed E-state index contributed by atoms with van der Waals surface area (Å²) < 4.78 is 0. The van der Waals surface area contributed by atoms with E-state index in [1.165, 1.54) is 77.2 Å². The van der Waals surface area contributed by atoms with Gasteiger partial charge in [0.15, 0.2) is 0 Å². The molecule has 12 aromatic carbocycles. The summed E-state index contributed by atoms with van der Waals surface area (Å²) in [6, 6.07) is 105. The van der Waals surface area contributed by atoms with Gasteiger partial charge in [-0.15, -0.1) is 0 Å². The Morgan fingerprint density at radius 2 is 0.643 bits per heavy atom. The highest BCUT2D eigenvalue weighted by molar-refractivity contribution is 6.22. The van der Waals surface area contributed by atoms with Crippen molar-refractivity contribution >= 4 is 38.6 Å². The second-order valence-electron chi connectivity index (χ2n) is 18.3. The Bertz CT molecular complexity index is 3750. The van der Waals surface area contributed by atoms with Crippen molar-refractivity contribution in [1.29, 1.82) is 0 Å². The Labute approximate surface area is 409 Å². The molecule has 0 amide bonds. The molecule has 0 saturated carbocycles. The number of nitrogens with zero attached hydrogens (tertiary/aromatic N) is 1. The maximum absolute atomic E-state index is 2.55. The topological polar surface area (TPSA) is 3.24 Å². The first-order valence-corrected chi connectivity index (χ1v) is 24.3. The zero-order valence-corrected chi connectivity index (χ0v) is 38.6. The predicted octanol–water partition coefficient (Wildman–Crippen LogP) is 18.5. The smallest absolute Gasteiger partial charge is 0.0713 e. The molecule has 0 atom stereocenters. The average Bonchev–Trinajstić information content (AvgIpc) is 3.74. The van der Waals surface area contributed by atoms with Crippen LogP contribution in [-0.4, -0.2) is 0 Å². The van der Waals surface area contributed by atoms with E-state index in [9.17, 15) is 0 Å². The van der Waals surface area contributed by atoms with E-state index in [1.807, 2.05) is 0 Å². The summed E-state index contributed by atoms with van der Waals surface area (Å²) in [6.07, 6.45) is 0. The van der Waals surface area contributed by atoms with Crippen LogP contribution in [0.5, 0.6) is 0 Å². The summed E-state index contributed by atoms with van der Waals surface area (Å²) in [5.41, 5.74) is 19.7. The van der Waals surface area contributed by atoms with Crippen LogP contribution in [0.2, 0.25) is 0 Å². The second-order valence-corrected chi connectivity index (χ2v) is 18.3. The molecule has 0 saturated heterocycles. The van der Waals surface area contributed by atoms with Crippen molar-refractivity contribution in [2.75, 3.05) is 4.90 Å². The van der Waals surface area contributed by atoms with E-state index in [2.05, 4.69) is 290 Å². The van der Waals surface area contributed by atoms with Gasteiger partial charge in [-0.05, 0) is 113 Å². The van der Waals surface area contributed by atoms with Gasteiger partial charge >= 0.3 is 0 Å². The maximum Gasteiger partial charge on any atom is 0.0713 e. The lowest BCUT2D eigenvalue weighted by Crippen LogP contribution is -2.28. The van der Waals surface area contributed by atoms with Crippen LogP contribution in [0, 0.1) is 0 Å². The molecule has 1 aliphatic carbocycles. The fourth-order valence-corrected chi connectivity index (χ4v) is 11.6. The third-order valence-electron chi connectivity index (χ3n) is 14.5. The van der Waals surface area contributed by atoms with Crippen LogP contribution in [0.25, 0.3) is 77.2 Å². The number of para-hydroxylation sites is 1. The first-order valence-electron chi connectivity index (χ1n) is 24.3. The Balaban J connectivity index is 1.16. The highest BCUT2D eigenvalue weighted by Crippen LogP contribution is 2.58. The Kier molecular flexibility index (Phi) is 10.1. The average molecular weight is 890 g/mol. The fraction of sp³-hybridized carbons (Fsp3) is 0.0145. The molecule has 0 heterocycles. The fourth-order valence-electron chi connectivity index (χ4n) is 11.6. The predicted molar refractivity (Wildman–Crippen MR) is 295 cm³/mol. The summed E-state index contributed by atoms with van der Waals surface area (Å²) in [4.78, 5) is 2.55. The molecule has 0 N–H and O–H groups in total. The minimum absolute atomic E-state index is 0.516. The van der Waals surface area contributed by atoms with Crippen LogP contribution >= 0.6 is 0 Å². The molecule has 328 valence electrons. The normalized spacial score (nSPS) is 12.4. The number of hydrogen-bond acceptors (Lipinski definition) is 1. The lowest BCUT2D eigenvalue weighted by Gasteiger charge is -2.34. The van der Waals surface area contributed by atoms with Gasteiger partial charge in [0.1, 0.15) is 0 Å². The third kappa shape index (κ3) is 6.62. The van der Waals surface area contributed by atoms with Crippen LogP contribution in [0.3, 0.4) is 0 Å². The second kappa shape index (κ2) is 17.2. The third-order valence-corrected chi connectivity index (χ3v) is 14.5. The lowest BCUT2D eigenvalue weighted by molar-refractivity contribution is 0.768. The van der Waals surface area contributed by atoms with Crippen LogP contribution in [0.15, 0.2) is 285 Å². The molecule has 0 spiro atoms. The zero-order valence-electron chi connectivity index (χ0n) is 38.6. The number of hydrogen-bond donors (Lipinski definition) is 0. The lowest BCUT2D eigenvalue weighted by atomic mass is 9.68. The Morgan fingerprint density at radius 3 is 1.21 bits per heavy atom. The first-order chi connectivity index (χ1) is 34.8. The van der Waals surface area contributed by atoms with Gasteiger partial charge in [-0.3, -0.25) is 0 Å². The minimum atomic E-state index is -0.516. The molecular formula is C69H47N. The van der Waals surface area contributed by atoms with Crippen molar-refractivity contribution in [3.8, 4) is 55.6 Å². The molecule has 0 aromatic heterocycles. The van der Waals surface area contributed by atoms with Gasteiger partial charge in [0.25, 0.3) is 0 Å². The minimum Gasteiger partial charge on any atom is -0.309 e. The SMILES string of the molecule is c1ccc(-c2cccc(-c3ccccc3)c2N(c2ccc3c(c2)-c2ccccc2C3(c2ccccc2)c2ccccc2)c2ccc3c(c2)c(-c2ccccc2)c(-c2ccccc2)c2ccccc23)cc1. The largest absolute Gasteiger partial charge is 0.309 e. The molecule has 13 rings (SSSR count). The van der Waals surface area contributed by atoms with E-state index >= 15 is 0 Å². The van der Waals surface area contributed by atoms with Gasteiger partial charge < -0.3 is 4.90 Å². The van der Waals surface area contributed by atoms with Crippen molar-refractivity contribution in [3.05, 3.63) is 307 Å². The molecule has 0 bridgehead atoms. The molecule has 0 fully saturated rings. The monoisotopic (exact) mass is 889 g/mol. The van der Waals surface area contributed by atoms with Crippen LogP contribution < -0.4 is 4.90 Å². The van der Waals surface area contributed by atoms with Crippen LogP contribution in [0.4, 0.5) is 17.1 Å². The van der Waals surface area contributed by atoms with Gasteiger partial charge in [-0.25, -0.2) is 0 Å². The van der Waals surface area contributed by atoms with Crippen molar-refractivity contribution in [3.63, 3.8) is 0 Å². The summed E-state index contributed by atoms with van der Waals surface area (Å²) in [6.45, 7) is 0. The van der Waals surface area contributed by atoms with Crippen molar-refractivity contribution in [2.45, 2.75) is 5.41 Å². The van der Waals surface area contributed by atoms with E-state index in [-0.39, 0.29) is 0 Å². The molecule has 1 aliphatic rings. The number of benzene rings is 12. The van der Waals surface area contributed by atoms with Gasteiger partial charge in [0.05, 0.1) is 11.1 Å². The Hall–Kier alpha value is -9.04. The summed E-state index contributed by atoms with van der Waals surface area (Å²) in [7, 11) is 0. The molecule has 1 heteroatoms. The maximum atomic E-state index is 2.55. The van der Waals surface area contributed by atoms with E-state index in [0.717, 1.165) is 39.3 Å². The summed E-state index contributed by atoms with van der Waals surface area (Å²) in [5, 5.41) is 4.89. The number of fused-ring (bicyclic) bond motifs is 6. The first kappa shape index (κ1) is 41.2. The highest BCUT2D eigenvalue weighted by Gasteiger charge is 2.46. The van der Waals surface area contributed by atoms with E-state index in [4.69, 9.17) is 0 Å². The zero-order chi connectivity index (χ0) is 46.4. The van der Waals surface area contributed by atoms with Gasteiger partial charge in [-0.2, -0.15) is 0 Å². The van der Waals surface area contributed by atoms with E-state index in [1.54, 1.807) is 0 Å². The molecule has 1 nitrogen and oxygen atoms in total. The van der Waals surface area contributed by atoms with Crippen LogP contribution in [0.1, 0.15) is 22.3 Å². The van der Waals surface area contributed by atoms with Crippen molar-refractivity contribution < 1.29 is 0 Å². The van der Waals surface area contributed by atoms with E-state index in [0.29, 0.717) is 0 Å². The van der Waals surface area contributed by atoms with Crippen molar-refractivity contribution in [2.24, 2.45) is 0 Å².